The van der Waals surface area contributed by atoms with Gasteiger partial charge in [-0.2, -0.15) is 0 Å². The van der Waals surface area contributed by atoms with Gasteiger partial charge in [-0.15, -0.1) is 0 Å². The van der Waals surface area contributed by atoms with Crippen molar-refractivity contribution in [3.8, 4) is 0 Å². The first-order chi connectivity index (χ1) is 14.8. The van der Waals surface area contributed by atoms with Crippen LogP contribution in [0.15, 0.2) is 30.3 Å². The lowest BCUT2D eigenvalue weighted by Gasteiger charge is -2.49. The molecule has 178 valence electrons. The van der Waals surface area contributed by atoms with Crippen LogP contribution in [-0.2, 0) is 30.2 Å². The molecule has 0 spiro atoms. The van der Waals surface area contributed by atoms with Crippen LogP contribution < -0.4 is 5.32 Å². The zero-order chi connectivity index (χ0) is 23.6. The zero-order valence-electron chi connectivity index (χ0n) is 20.8. The zero-order valence-corrected chi connectivity index (χ0v) is 20.8. The van der Waals surface area contributed by atoms with Gasteiger partial charge in [-0.1, -0.05) is 36.8 Å². The molecule has 2 saturated heterocycles. The van der Waals surface area contributed by atoms with Crippen molar-refractivity contribution in [2.45, 2.75) is 97.1 Å². The molecule has 1 aromatic carbocycles. The molecule has 2 atom stereocenters. The fourth-order valence-electron chi connectivity index (χ4n) is 4.28. The molecule has 32 heavy (non-hydrogen) atoms. The molecule has 2 aliphatic heterocycles. The van der Waals surface area contributed by atoms with Crippen LogP contribution in [-0.4, -0.2) is 49.1 Å². The molecule has 0 saturated carbocycles. The molecule has 2 aliphatic rings. The number of ether oxygens (including phenoxy) is 2. The van der Waals surface area contributed by atoms with Crippen molar-refractivity contribution >= 4 is 13.1 Å². The number of hydrogen-bond donors (Lipinski definition) is 1. The van der Waals surface area contributed by atoms with Gasteiger partial charge >= 0.3 is 13.1 Å². The van der Waals surface area contributed by atoms with Crippen molar-refractivity contribution in [1.82, 2.24) is 5.32 Å². The summed E-state index contributed by atoms with van der Waals surface area (Å²) in [5.74, 6) is -0.206. The Hall–Kier alpha value is -1.41. The Labute approximate surface area is 193 Å². The molecule has 0 amide bonds. The van der Waals surface area contributed by atoms with Crippen molar-refractivity contribution in [2.75, 3.05) is 13.2 Å². The van der Waals surface area contributed by atoms with Crippen LogP contribution in [0.2, 0.25) is 6.32 Å². The summed E-state index contributed by atoms with van der Waals surface area (Å²) in [7, 11) is -0.227. The normalized spacial score (nSPS) is 26.6. The van der Waals surface area contributed by atoms with Gasteiger partial charge in [0.2, 0.25) is 0 Å². The lowest BCUT2D eigenvalue weighted by atomic mass is 9.68. The van der Waals surface area contributed by atoms with Crippen LogP contribution in [0.4, 0.5) is 0 Å². The predicted octanol–water partition coefficient (Wildman–Crippen LogP) is 4.38. The Morgan fingerprint density at radius 2 is 1.75 bits per heavy atom. The van der Waals surface area contributed by atoms with Gasteiger partial charge in [-0.05, 0) is 66.8 Å². The summed E-state index contributed by atoms with van der Waals surface area (Å²) in [4.78, 5) is 12.9. The maximum Gasteiger partial charge on any atom is 0.457 e. The summed E-state index contributed by atoms with van der Waals surface area (Å²) < 4.78 is 24.1. The number of rotatable bonds is 9. The Bertz CT molecular complexity index is 760. The van der Waals surface area contributed by atoms with Crippen molar-refractivity contribution in [3.63, 3.8) is 0 Å². The van der Waals surface area contributed by atoms with Crippen LogP contribution >= 0.6 is 0 Å². The fourth-order valence-corrected chi connectivity index (χ4v) is 4.28. The SMILES string of the molecule is CC(C)(C)OC(=O)[C@H]1NC[C@]1(CCCB1OC(C)(C)C(C)(C)O1)COCc1ccccc1. The number of hydrogen-bond acceptors (Lipinski definition) is 6. The highest BCUT2D eigenvalue weighted by Crippen LogP contribution is 2.41. The van der Waals surface area contributed by atoms with Crippen LogP contribution in [0.25, 0.3) is 0 Å². The van der Waals surface area contributed by atoms with Crippen molar-refractivity contribution in [3.05, 3.63) is 35.9 Å². The summed E-state index contributed by atoms with van der Waals surface area (Å²) in [6.07, 6.45) is 2.50. The molecule has 6 nitrogen and oxygen atoms in total. The van der Waals surface area contributed by atoms with Crippen molar-refractivity contribution in [1.29, 1.82) is 0 Å². The maximum atomic E-state index is 12.9. The first-order valence-electron chi connectivity index (χ1n) is 11.8. The van der Waals surface area contributed by atoms with E-state index in [0.717, 1.165) is 31.3 Å². The van der Waals surface area contributed by atoms with Gasteiger partial charge in [-0.25, -0.2) is 0 Å². The molecule has 1 N–H and O–H groups in total. The number of nitrogens with one attached hydrogen (secondary N) is 1. The Morgan fingerprint density at radius 1 is 1.12 bits per heavy atom. The molecule has 0 aliphatic carbocycles. The third-order valence-corrected chi connectivity index (χ3v) is 6.83. The van der Waals surface area contributed by atoms with Crippen LogP contribution in [0.5, 0.6) is 0 Å². The molecule has 1 aromatic rings. The van der Waals surface area contributed by atoms with E-state index in [1.807, 2.05) is 39.0 Å². The lowest BCUT2D eigenvalue weighted by molar-refractivity contribution is -0.170. The van der Waals surface area contributed by atoms with Crippen LogP contribution in [0.1, 0.15) is 66.9 Å². The highest BCUT2D eigenvalue weighted by Gasteiger charge is 2.53. The molecule has 7 heteroatoms. The minimum Gasteiger partial charge on any atom is -0.459 e. The molecular weight excluding hydrogens is 405 g/mol. The molecule has 0 unspecified atom stereocenters. The molecule has 0 aromatic heterocycles. The monoisotopic (exact) mass is 445 g/mol. The Balaban J connectivity index is 1.61. The summed E-state index contributed by atoms with van der Waals surface area (Å²) in [6.45, 7) is 15.7. The minimum atomic E-state index is -0.520. The van der Waals surface area contributed by atoms with Crippen molar-refractivity contribution < 1.29 is 23.6 Å². The van der Waals surface area contributed by atoms with Gasteiger partial charge in [-0.3, -0.25) is 4.79 Å². The first-order valence-corrected chi connectivity index (χ1v) is 11.8. The molecule has 2 heterocycles. The standard InChI is InChI=1S/C25H40BNO5/c1-22(2,3)30-21(28)20-25(17-27-20,18-29-16-19-12-9-8-10-13-19)14-11-15-26-31-23(4,5)24(6,7)32-26/h8-10,12-13,20,27H,11,14-18H2,1-7H3/t20-,25-/m1/s1. The van der Waals surface area contributed by atoms with E-state index in [1.54, 1.807) is 0 Å². The number of esters is 1. The van der Waals surface area contributed by atoms with Crippen LogP contribution in [0.3, 0.4) is 0 Å². The Morgan fingerprint density at radius 3 is 2.28 bits per heavy atom. The van der Waals surface area contributed by atoms with Gasteiger partial charge in [0.1, 0.15) is 11.6 Å². The Kier molecular flexibility index (Phi) is 7.45. The van der Waals surface area contributed by atoms with E-state index >= 15 is 0 Å². The largest absolute Gasteiger partial charge is 0.459 e. The van der Waals surface area contributed by atoms with Gasteiger partial charge in [0.25, 0.3) is 0 Å². The third-order valence-electron chi connectivity index (χ3n) is 6.83. The molecule has 0 radical (unpaired) electrons. The van der Waals surface area contributed by atoms with Gasteiger partial charge in [0.15, 0.2) is 0 Å². The quantitative estimate of drug-likeness (QED) is 0.450. The van der Waals surface area contributed by atoms with Crippen molar-refractivity contribution in [2.24, 2.45) is 5.41 Å². The first kappa shape index (κ1) is 25.2. The minimum absolute atomic E-state index is 0.206. The summed E-state index contributed by atoms with van der Waals surface area (Å²) in [6, 6.07) is 9.75. The number of carbonyl (C=O) groups is 1. The molecule has 3 rings (SSSR count). The highest BCUT2D eigenvalue weighted by atomic mass is 16.7. The average molecular weight is 445 g/mol. The van der Waals surface area contributed by atoms with E-state index in [-0.39, 0.29) is 35.7 Å². The van der Waals surface area contributed by atoms with E-state index in [1.165, 1.54) is 0 Å². The average Bonchev–Trinajstić information content (AvgIpc) is 2.85. The maximum absolute atomic E-state index is 12.9. The van der Waals surface area contributed by atoms with E-state index in [4.69, 9.17) is 18.8 Å². The van der Waals surface area contributed by atoms with Gasteiger partial charge in [0.05, 0.1) is 24.4 Å². The summed E-state index contributed by atoms with van der Waals surface area (Å²) >= 11 is 0. The number of carbonyl (C=O) groups excluding carboxylic acids is 1. The molecule has 0 bridgehead atoms. The van der Waals surface area contributed by atoms with E-state index in [0.29, 0.717) is 13.2 Å². The van der Waals surface area contributed by atoms with Crippen LogP contribution in [0, 0.1) is 5.41 Å². The molecule has 2 fully saturated rings. The van der Waals surface area contributed by atoms with Gasteiger partial charge in [0, 0.05) is 12.0 Å². The van der Waals surface area contributed by atoms with Gasteiger partial charge < -0.3 is 24.1 Å². The lowest BCUT2D eigenvalue weighted by Crippen LogP contribution is -2.68. The second kappa shape index (κ2) is 9.45. The predicted molar refractivity (Wildman–Crippen MR) is 126 cm³/mol. The molecular formula is C25H40BNO5. The fraction of sp³-hybridized carbons (Fsp3) is 0.720. The third kappa shape index (κ3) is 5.93. The van der Waals surface area contributed by atoms with E-state index in [9.17, 15) is 4.79 Å². The topological polar surface area (TPSA) is 66.0 Å². The summed E-state index contributed by atoms with van der Waals surface area (Å²) in [5.41, 5.74) is -0.341. The smallest absolute Gasteiger partial charge is 0.457 e. The highest BCUT2D eigenvalue weighted by molar-refractivity contribution is 6.45. The van der Waals surface area contributed by atoms with E-state index < -0.39 is 5.60 Å². The second-order valence-electron chi connectivity index (χ2n) is 11.3. The number of benzene rings is 1. The van der Waals surface area contributed by atoms with E-state index in [2.05, 4.69) is 45.1 Å². The second-order valence-corrected chi connectivity index (χ2v) is 11.3. The summed E-state index contributed by atoms with van der Waals surface area (Å²) in [5, 5.41) is 3.30.